The predicted octanol–water partition coefficient (Wildman–Crippen LogP) is 4.03. The van der Waals surface area contributed by atoms with Crippen LogP contribution in [0, 0.1) is 0 Å². The van der Waals surface area contributed by atoms with E-state index in [4.69, 9.17) is 0 Å². The van der Waals surface area contributed by atoms with Gasteiger partial charge in [-0.1, -0.05) is 60.7 Å². The van der Waals surface area contributed by atoms with E-state index < -0.39 is 5.54 Å². The largest absolute Gasteiger partial charge is 0.314 e. The van der Waals surface area contributed by atoms with Crippen LogP contribution in [0.25, 0.3) is 16.5 Å². The third kappa shape index (κ3) is 3.46. The van der Waals surface area contributed by atoms with Gasteiger partial charge in [0.1, 0.15) is 5.54 Å². The Kier molecular flexibility index (Phi) is 5.14. The summed E-state index contributed by atoms with van der Waals surface area (Å²) in [4.78, 5) is 20.9. The number of aromatic nitrogens is 2. The molecule has 5 rings (SSSR count). The number of nitrogens with one attached hydrogen (secondary N) is 1. The first-order valence-electron chi connectivity index (χ1n) is 10.8. The van der Waals surface area contributed by atoms with Gasteiger partial charge in [-0.15, -0.1) is 0 Å². The zero-order chi connectivity index (χ0) is 21.3. The Hall–Kier alpha value is -3.28. The van der Waals surface area contributed by atoms with Gasteiger partial charge in [-0.25, -0.2) is 4.98 Å². The molecule has 1 aliphatic heterocycles. The van der Waals surface area contributed by atoms with Gasteiger partial charge in [-0.2, -0.15) is 0 Å². The van der Waals surface area contributed by atoms with E-state index in [0.29, 0.717) is 5.82 Å². The van der Waals surface area contributed by atoms with Crippen molar-refractivity contribution in [1.82, 2.24) is 19.8 Å². The first kappa shape index (κ1) is 19.7. The topological polar surface area (TPSA) is 50.2 Å². The summed E-state index contributed by atoms with van der Waals surface area (Å²) in [5, 5.41) is 5.71. The van der Waals surface area contributed by atoms with E-state index in [9.17, 15) is 4.79 Å². The molecule has 0 saturated carbocycles. The summed E-state index contributed by atoms with van der Waals surface area (Å²) < 4.78 is 1.91. The maximum Gasteiger partial charge on any atom is 0.223 e. The summed E-state index contributed by atoms with van der Waals surface area (Å²) in [7, 11) is 0. The third-order valence-electron chi connectivity index (χ3n) is 6.38. The number of imidazole rings is 1. The fraction of sp³-hybridized carbons (Fsp3) is 0.231. The lowest BCUT2D eigenvalue weighted by molar-refractivity contribution is 0.0523. The fourth-order valence-electron chi connectivity index (χ4n) is 4.56. The first-order chi connectivity index (χ1) is 15.2. The summed E-state index contributed by atoms with van der Waals surface area (Å²) >= 11 is 0. The van der Waals surface area contributed by atoms with Gasteiger partial charge < -0.3 is 5.32 Å². The highest BCUT2D eigenvalue weighted by atomic mass is 16.1. The van der Waals surface area contributed by atoms with Crippen molar-refractivity contribution in [3.63, 3.8) is 0 Å². The summed E-state index contributed by atoms with van der Waals surface area (Å²) in [6.45, 7) is 5.40. The van der Waals surface area contributed by atoms with Gasteiger partial charge in [-0.3, -0.25) is 14.3 Å². The molecule has 1 aliphatic rings. The summed E-state index contributed by atoms with van der Waals surface area (Å²) in [5.74, 6) is 0.471. The van der Waals surface area contributed by atoms with Crippen molar-refractivity contribution in [2.24, 2.45) is 0 Å². The van der Waals surface area contributed by atoms with Crippen LogP contribution in [0.2, 0.25) is 0 Å². The number of nitrogens with zero attached hydrogens (tertiary/aromatic N) is 3. The van der Waals surface area contributed by atoms with E-state index >= 15 is 0 Å². The second-order valence-corrected chi connectivity index (χ2v) is 8.16. The number of carbonyl (C=O) groups is 1. The van der Waals surface area contributed by atoms with Crippen molar-refractivity contribution in [3.05, 3.63) is 96.6 Å². The van der Waals surface area contributed by atoms with Crippen LogP contribution in [0.4, 0.5) is 0 Å². The normalized spacial score (nSPS) is 16.8. The molecule has 0 radical (unpaired) electrons. The fourth-order valence-corrected chi connectivity index (χ4v) is 4.56. The predicted molar refractivity (Wildman–Crippen MR) is 124 cm³/mol. The second kappa shape index (κ2) is 8.10. The lowest BCUT2D eigenvalue weighted by Crippen LogP contribution is -2.57. The Morgan fingerprint density at radius 3 is 2.42 bits per heavy atom. The number of fused-ring (bicyclic) bond motifs is 1. The number of benzene rings is 3. The van der Waals surface area contributed by atoms with Crippen LogP contribution >= 0.6 is 0 Å². The molecule has 31 heavy (non-hydrogen) atoms. The van der Waals surface area contributed by atoms with E-state index in [0.717, 1.165) is 42.8 Å². The Balaban J connectivity index is 1.60. The molecule has 1 fully saturated rings. The average molecular weight is 411 g/mol. The minimum atomic E-state index is -0.788. The quantitative estimate of drug-likeness (QED) is 0.505. The molecule has 4 aromatic rings. The minimum Gasteiger partial charge on any atom is -0.314 e. The van der Waals surface area contributed by atoms with Crippen molar-refractivity contribution in [3.8, 4) is 5.69 Å². The molecule has 1 atom stereocenters. The number of Topliss-reactive ketones (excluding diaryl/α,β-unsaturated/α-hetero) is 1. The van der Waals surface area contributed by atoms with Gasteiger partial charge >= 0.3 is 0 Å². The summed E-state index contributed by atoms with van der Waals surface area (Å²) in [5.41, 5.74) is 1.15. The number of rotatable bonds is 5. The molecule has 5 nitrogen and oxygen atoms in total. The molecule has 1 aromatic heterocycles. The van der Waals surface area contributed by atoms with Gasteiger partial charge in [0, 0.05) is 44.3 Å². The van der Waals surface area contributed by atoms with Crippen molar-refractivity contribution < 1.29 is 4.79 Å². The van der Waals surface area contributed by atoms with Gasteiger partial charge in [0.2, 0.25) is 5.78 Å². The van der Waals surface area contributed by atoms with E-state index in [1.807, 2.05) is 66.2 Å². The molecule has 0 spiro atoms. The smallest absolute Gasteiger partial charge is 0.223 e. The molecular formula is C26H26N4O. The Labute approximate surface area is 182 Å². The number of piperazine rings is 1. The Morgan fingerprint density at radius 1 is 0.935 bits per heavy atom. The molecule has 156 valence electrons. The molecule has 1 unspecified atom stereocenters. The highest BCUT2D eigenvalue weighted by Gasteiger charge is 2.43. The van der Waals surface area contributed by atoms with Crippen molar-refractivity contribution in [1.29, 1.82) is 0 Å². The van der Waals surface area contributed by atoms with Crippen LogP contribution < -0.4 is 5.32 Å². The number of hydrogen-bond acceptors (Lipinski definition) is 4. The second-order valence-electron chi connectivity index (χ2n) is 8.16. The third-order valence-corrected chi connectivity index (χ3v) is 6.38. The molecular weight excluding hydrogens is 384 g/mol. The molecule has 2 heterocycles. The van der Waals surface area contributed by atoms with E-state index in [2.05, 4.69) is 39.5 Å². The SMILES string of the molecule is CC(C(=O)c1nccn1-c1ccc2ccccc2c1)(c1ccccc1)N1CCNCC1. The van der Waals surface area contributed by atoms with Gasteiger partial charge in [0.15, 0.2) is 5.82 Å². The highest BCUT2D eigenvalue weighted by molar-refractivity contribution is 6.01. The molecule has 0 bridgehead atoms. The van der Waals surface area contributed by atoms with Crippen molar-refractivity contribution >= 4 is 16.6 Å². The van der Waals surface area contributed by atoms with E-state index in [1.165, 1.54) is 5.39 Å². The number of ketones is 1. The van der Waals surface area contributed by atoms with Gasteiger partial charge in [0.05, 0.1) is 0 Å². The molecule has 1 saturated heterocycles. The Morgan fingerprint density at radius 2 is 1.65 bits per heavy atom. The summed E-state index contributed by atoms with van der Waals surface area (Å²) in [6, 6.07) is 24.6. The first-order valence-corrected chi connectivity index (χ1v) is 10.8. The lowest BCUT2D eigenvalue weighted by atomic mass is 9.84. The minimum absolute atomic E-state index is 0.0127. The molecule has 1 N–H and O–H groups in total. The van der Waals surface area contributed by atoms with Crippen LogP contribution in [0.3, 0.4) is 0 Å². The zero-order valence-electron chi connectivity index (χ0n) is 17.7. The van der Waals surface area contributed by atoms with Crippen molar-refractivity contribution in [2.75, 3.05) is 26.2 Å². The van der Waals surface area contributed by atoms with Crippen LogP contribution in [-0.2, 0) is 5.54 Å². The number of hydrogen-bond donors (Lipinski definition) is 1. The average Bonchev–Trinajstić information content (AvgIpc) is 3.34. The summed E-state index contributed by atoms with van der Waals surface area (Å²) in [6.07, 6.45) is 3.59. The van der Waals surface area contributed by atoms with E-state index in [1.54, 1.807) is 6.20 Å². The van der Waals surface area contributed by atoms with Crippen molar-refractivity contribution in [2.45, 2.75) is 12.5 Å². The van der Waals surface area contributed by atoms with Crippen LogP contribution in [0.15, 0.2) is 85.2 Å². The maximum atomic E-state index is 14.1. The molecule has 3 aromatic carbocycles. The highest BCUT2D eigenvalue weighted by Crippen LogP contribution is 2.33. The number of carbonyl (C=O) groups excluding carboxylic acids is 1. The lowest BCUT2D eigenvalue weighted by Gasteiger charge is -2.42. The van der Waals surface area contributed by atoms with Crippen LogP contribution in [0.1, 0.15) is 23.1 Å². The van der Waals surface area contributed by atoms with Gasteiger partial charge in [0.25, 0.3) is 0 Å². The van der Waals surface area contributed by atoms with Crippen LogP contribution in [-0.4, -0.2) is 46.4 Å². The Bertz CT molecular complexity index is 1210. The van der Waals surface area contributed by atoms with Gasteiger partial charge in [-0.05, 0) is 35.4 Å². The molecule has 5 heteroatoms. The standard InChI is InChI=1S/C26H26N4O/c1-26(22-9-3-2-4-10-22,29-16-13-27-14-17-29)24(31)25-28-15-18-30(25)23-12-11-20-7-5-6-8-21(20)19-23/h2-12,15,18-19,27H,13-14,16-17H2,1H3. The maximum absolute atomic E-state index is 14.1. The monoisotopic (exact) mass is 410 g/mol. The van der Waals surface area contributed by atoms with E-state index in [-0.39, 0.29) is 5.78 Å². The molecule has 0 amide bonds. The zero-order valence-corrected chi connectivity index (χ0v) is 17.7. The molecule has 0 aliphatic carbocycles. The van der Waals surface area contributed by atoms with Crippen LogP contribution in [0.5, 0.6) is 0 Å².